The van der Waals surface area contributed by atoms with Crippen LogP contribution in [0.1, 0.15) is 16.2 Å². The maximum absolute atomic E-state index is 12.0. The van der Waals surface area contributed by atoms with Crippen molar-refractivity contribution in [2.75, 3.05) is 6.54 Å². The molecule has 0 spiro atoms. The van der Waals surface area contributed by atoms with Gasteiger partial charge in [0.05, 0.1) is 10.5 Å². The highest BCUT2D eigenvalue weighted by Gasteiger charge is 2.19. The van der Waals surface area contributed by atoms with E-state index >= 15 is 0 Å². The van der Waals surface area contributed by atoms with Gasteiger partial charge in [0, 0.05) is 26.1 Å². The molecule has 1 aromatic heterocycles. The van der Waals surface area contributed by atoms with Gasteiger partial charge in [-0.2, -0.15) is 5.10 Å². The molecule has 9 heteroatoms. The van der Waals surface area contributed by atoms with E-state index in [0.717, 1.165) is 0 Å². The van der Waals surface area contributed by atoms with E-state index in [2.05, 4.69) is 31.3 Å². The van der Waals surface area contributed by atoms with Gasteiger partial charge in [0.1, 0.15) is 10.8 Å². The number of nitro benzene ring substituents is 1. The normalized spacial score (nSPS) is 10.4. The molecular formula is C12H12BrN5O3. The van der Waals surface area contributed by atoms with E-state index in [1.807, 2.05) is 0 Å². The number of rotatable bonds is 5. The standard InChI is InChI=1S/C12H12BrN5O3/c1-17-7-15-10(16-17)5-6-14-12(19)8-3-2-4-9(11(8)13)18(20)21/h2-4,7H,5-6H2,1H3,(H,14,19). The molecule has 21 heavy (non-hydrogen) atoms. The third kappa shape index (κ3) is 3.63. The van der Waals surface area contributed by atoms with Crippen LogP contribution in [-0.2, 0) is 13.5 Å². The predicted octanol–water partition coefficient (Wildman–Crippen LogP) is 1.46. The summed E-state index contributed by atoms with van der Waals surface area (Å²) in [5.74, 6) is 0.234. The highest BCUT2D eigenvalue weighted by atomic mass is 79.9. The van der Waals surface area contributed by atoms with Crippen molar-refractivity contribution in [2.45, 2.75) is 6.42 Å². The molecule has 0 saturated heterocycles. The van der Waals surface area contributed by atoms with Gasteiger partial charge in [-0.3, -0.25) is 19.6 Å². The van der Waals surface area contributed by atoms with Gasteiger partial charge in [-0.05, 0) is 22.0 Å². The van der Waals surface area contributed by atoms with Crippen molar-refractivity contribution in [3.63, 3.8) is 0 Å². The van der Waals surface area contributed by atoms with Crippen LogP contribution < -0.4 is 5.32 Å². The highest BCUT2D eigenvalue weighted by molar-refractivity contribution is 9.10. The molecule has 110 valence electrons. The number of benzene rings is 1. The summed E-state index contributed by atoms with van der Waals surface area (Å²) < 4.78 is 1.75. The Kier molecular flexibility index (Phi) is 4.63. The summed E-state index contributed by atoms with van der Waals surface area (Å²) in [6.07, 6.45) is 2.06. The van der Waals surface area contributed by atoms with Gasteiger partial charge in [-0.15, -0.1) is 0 Å². The summed E-state index contributed by atoms with van der Waals surface area (Å²) in [4.78, 5) is 26.3. The number of halogens is 1. The van der Waals surface area contributed by atoms with Gasteiger partial charge in [0.15, 0.2) is 5.82 Å². The van der Waals surface area contributed by atoms with Crippen molar-refractivity contribution in [2.24, 2.45) is 7.05 Å². The number of nitrogens with one attached hydrogen (secondary N) is 1. The molecule has 0 aliphatic rings. The number of nitrogens with zero attached hydrogens (tertiary/aromatic N) is 4. The molecule has 0 atom stereocenters. The van der Waals surface area contributed by atoms with E-state index in [1.165, 1.54) is 18.2 Å². The zero-order chi connectivity index (χ0) is 15.4. The molecule has 8 nitrogen and oxygen atoms in total. The summed E-state index contributed by atoms with van der Waals surface area (Å²) in [6, 6.07) is 4.32. The summed E-state index contributed by atoms with van der Waals surface area (Å²) in [5.41, 5.74) is 0.0761. The van der Waals surface area contributed by atoms with Crippen LogP contribution in [-0.4, -0.2) is 32.1 Å². The average molecular weight is 354 g/mol. The lowest BCUT2D eigenvalue weighted by Crippen LogP contribution is -2.26. The molecule has 1 heterocycles. The second kappa shape index (κ2) is 6.44. The van der Waals surface area contributed by atoms with Crippen molar-refractivity contribution in [3.05, 3.63) is 50.5 Å². The number of hydrogen-bond donors (Lipinski definition) is 1. The van der Waals surface area contributed by atoms with E-state index in [-0.39, 0.29) is 21.6 Å². The smallest absolute Gasteiger partial charge is 0.284 e. The van der Waals surface area contributed by atoms with Crippen molar-refractivity contribution in [1.82, 2.24) is 20.1 Å². The first kappa shape index (κ1) is 15.1. The van der Waals surface area contributed by atoms with Crippen LogP contribution in [0, 0.1) is 10.1 Å². The topological polar surface area (TPSA) is 103 Å². The Morgan fingerprint density at radius 3 is 2.90 bits per heavy atom. The van der Waals surface area contributed by atoms with Gasteiger partial charge < -0.3 is 5.32 Å². The van der Waals surface area contributed by atoms with E-state index in [4.69, 9.17) is 0 Å². The maximum Gasteiger partial charge on any atom is 0.284 e. The van der Waals surface area contributed by atoms with Crippen LogP contribution in [0.3, 0.4) is 0 Å². The number of nitro groups is 1. The number of aromatic nitrogens is 3. The molecule has 1 aromatic carbocycles. The Balaban J connectivity index is 2.00. The molecule has 0 radical (unpaired) electrons. The first-order chi connectivity index (χ1) is 9.99. The molecule has 1 amide bonds. The first-order valence-corrected chi connectivity index (χ1v) is 6.84. The molecule has 0 aliphatic heterocycles. The van der Waals surface area contributed by atoms with Crippen molar-refractivity contribution in [3.8, 4) is 0 Å². The highest BCUT2D eigenvalue weighted by Crippen LogP contribution is 2.28. The Morgan fingerprint density at radius 1 is 1.52 bits per heavy atom. The fraction of sp³-hybridized carbons (Fsp3) is 0.250. The van der Waals surface area contributed by atoms with Crippen molar-refractivity contribution >= 4 is 27.5 Å². The third-order valence-corrected chi connectivity index (χ3v) is 3.53. The van der Waals surface area contributed by atoms with Crippen molar-refractivity contribution in [1.29, 1.82) is 0 Å². The molecule has 2 rings (SSSR count). The number of aryl methyl sites for hydroxylation is 1. The fourth-order valence-corrected chi connectivity index (χ4v) is 2.31. The summed E-state index contributed by atoms with van der Waals surface area (Å²) in [6.45, 7) is 0.345. The summed E-state index contributed by atoms with van der Waals surface area (Å²) >= 11 is 3.09. The molecule has 2 aromatic rings. The Labute approximate surface area is 128 Å². The van der Waals surface area contributed by atoms with Crippen LogP contribution in [0.4, 0.5) is 5.69 Å². The Hall–Kier alpha value is -2.29. The minimum absolute atomic E-state index is 0.144. The predicted molar refractivity (Wildman–Crippen MR) is 77.8 cm³/mol. The quantitative estimate of drug-likeness (QED) is 0.647. The van der Waals surface area contributed by atoms with E-state index in [0.29, 0.717) is 18.8 Å². The Morgan fingerprint density at radius 2 is 2.29 bits per heavy atom. The van der Waals surface area contributed by atoms with E-state index in [9.17, 15) is 14.9 Å². The number of carbonyl (C=O) groups excluding carboxylic acids is 1. The van der Waals surface area contributed by atoms with Gasteiger partial charge in [0.25, 0.3) is 11.6 Å². The second-order valence-electron chi connectivity index (χ2n) is 4.24. The van der Waals surface area contributed by atoms with Gasteiger partial charge >= 0.3 is 0 Å². The lowest BCUT2D eigenvalue weighted by Gasteiger charge is -2.06. The van der Waals surface area contributed by atoms with Crippen molar-refractivity contribution < 1.29 is 9.72 Å². The van der Waals surface area contributed by atoms with Crippen LogP contribution in [0.15, 0.2) is 29.0 Å². The van der Waals surface area contributed by atoms with Gasteiger partial charge in [-0.25, -0.2) is 4.98 Å². The van der Waals surface area contributed by atoms with Crippen LogP contribution in [0.2, 0.25) is 0 Å². The lowest BCUT2D eigenvalue weighted by molar-refractivity contribution is -0.385. The zero-order valence-corrected chi connectivity index (χ0v) is 12.7. The van der Waals surface area contributed by atoms with Crippen LogP contribution in [0.5, 0.6) is 0 Å². The number of carbonyl (C=O) groups is 1. The molecule has 0 fully saturated rings. The first-order valence-electron chi connectivity index (χ1n) is 6.04. The zero-order valence-electron chi connectivity index (χ0n) is 11.1. The number of amides is 1. The second-order valence-corrected chi connectivity index (χ2v) is 5.03. The third-order valence-electron chi connectivity index (χ3n) is 2.70. The Bertz CT molecular complexity index is 685. The number of hydrogen-bond acceptors (Lipinski definition) is 5. The van der Waals surface area contributed by atoms with Crippen LogP contribution in [0.25, 0.3) is 0 Å². The molecule has 1 N–H and O–H groups in total. The molecule has 0 saturated carbocycles. The van der Waals surface area contributed by atoms with E-state index < -0.39 is 4.92 Å². The van der Waals surface area contributed by atoms with Gasteiger partial charge in [-0.1, -0.05) is 6.07 Å². The fourth-order valence-electron chi connectivity index (χ4n) is 1.72. The monoisotopic (exact) mass is 353 g/mol. The average Bonchev–Trinajstić information content (AvgIpc) is 2.84. The molecular weight excluding hydrogens is 342 g/mol. The molecule has 0 unspecified atom stereocenters. The minimum atomic E-state index is -0.543. The lowest BCUT2D eigenvalue weighted by atomic mass is 10.2. The largest absolute Gasteiger partial charge is 0.352 e. The summed E-state index contributed by atoms with van der Waals surface area (Å²) in [5, 5.41) is 17.6. The minimum Gasteiger partial charge on any atom is -0.352 e. The maximum atomic E-state index is 12.0. The summed E-state index contributed by atoms with van der Waals surface area (Å²) in [7, 11) is 1.76. The van der Waals surface area contributed by atoms with Crippen LogP contribution >= 0.6 is 15.9 Å². The SMILES string of the molecule is Cn1cnc(CCNC(=O)c2cccc([N+](=O)[O-])c2Br)n1. The van der Waals surface area contributed by atoms with Gasteiger partial charge in [0.2, 0.25) is 0 Å². The molecule has 0 aliphatic carbocycles. The van der Waals surface area contributed by atoms with E-state index in [1.54, 1.807) is 18.1 Å². The molecule has 0 bridgehead atoms.